The summed E-state index contributed by atoms with van der Waals surface area (Å²) in [6.45, 7) is 0. The highest BCUT2D eigenvalue weighted by atomic mass is 14.6. The first-order valence-corrected chi connectivity index (χ1v) is 13.0. The van der Waals surface area contributed by atoms with Crippen molar-refractivity contribution in [2.24, 2.45) is 0 Å². The summed E-state index contributed by atoms with van der Waals surface area (Å²) in [6.07, 6.45) is 1.85. The molecule has 0 saturated heterocycles. The Morgan fingerprint density at radius 2 is 0.842 bits per heavy atom. The largest absolute Gasteiger partial charge is 0.256 e. The quantitative estimate of drug-likeness (QED) is 0.224. The summed E-state index contributed by atoms with van der Waals surface area (Å²) in [5.74, 6) is 0. The minimum Gasteiger partial charge on any atom is -0.256 e. The van der Waals surface area contributed by atoms with Crippen LogP contribution in [0.5, 0.6) is 0 Å². The average Bonchev–Trinajstić information content (AvgIpc) is 2.99. The highest BCUT2D eigenvalue weighted by molar-refractivity contribution is 6.17. The van der Waals surface area contributed by atoms with E-state index < -0.39 is 0 Å². The van der Waals surface area contributed by atoms with Crippen LogP contribution in [-0.2, 0) is 0 Å². The van der Waals surface area contributed by atoms with Gasteiger partial charge in [-0.3, -0.25) is 4.98 Å². The van der Waals surface area contributed by atoms with Gasteiger partial charge in [-0.05, 0) is 95.7 Å². The molecule has 0 amide bonds. The van der Waals surface area contributed by atoms with Crippen LogP contribution in [0, 0.1) is 0 Å². The zero-order valence-electron chi connectivity index (χ0n) is 20.7. The molecule has 8 rings (SSSR count). The van der Waals surface area contributed by atoms with Gasteiger partial charge in [0.05, 0.1) is 5.52 Å². The van der Waals surface area contributed by atoms with E-state index in [1.54, 1.807) is 0 Å². The summed E-state index contributed by atoms with van der Waals surface area (Å²) in [5.41, 5.74) is 5.89. The normalized spacial score (nSPS) is 11.7. The lowest BCUT2D eigenvalue weighted by Crippen LogP contribution is -1.85. The monoisotopic (exact) mass is 481 g/mol. The van der Waals surface area contributed by atoms with Gasteiger partial charge in [-0.25, -0.2) is 0 Å². The molecule has 7 aromatic carbocycles. The highest BCUT2D eigenvalue weighted by Crippen LogP contribution is 2.35. The van der Waals surface area contributed by atoms with Gasteiger partial charge in [-0.2, -0.15) is 0 Å². The van der Waals surface area contributed by atoms with Crippen LogP contribution in [0.25, 0.3) is 76.2 Å². The molecule has 0 atom stereocenters. The van der Waals surface area contributed by atoms with Crippen LogP contribution in [0.3, 0.4) is 0 Å². The molecule has 0 aliphatic rings. The Morgan fingerprint density at radius 1 is 0.316 bits per heavy atom. The number of nitrogens with zero attached hydrogens (tertiary/aromatic N) is 1. The number of benzene rings is 7. The molecule has 0 aliphatic carbocycles. The molecule has 0 saturated carbocycles. The highest BCUT2D eigenvalue weighted by Gasteiger charge is 2.08. The maximum atomic E-state index is 4.54. The molecule has 0 bridgehead atoms. The molecule has 1 heteroatoms. The van der Waals surface area contributed by atoms with Gasteiger partial charge in [0, 0.05) is 11.6 Å². The Bertz CT molecular complexity index is 2190. The number of hydrogen-bond acceptors (Lipinski definition) is 1. The van der Waals surface area contributed by atoms with Crippen molar-refractivity contribution in [3.63, 3.8) is 0 Å². The first-order chi connectivity index (χ1) is 18.8. The molecule has 0 radical (unpaired) electrons. The van der Waals surface area contributed by atoms with Gasteiger partial charge in [0.15, 0.2) is 0 Å². The van der Waals surface area contributed by atoms with Crippen molar-refractivity contribution in [2.75, 3.05) is 0 Å². The van der Waals surface area contributed by atoms with Crippen molar-refractivity contribution >= 4 is 54.0 Å². The van der Waals surface area contributed by atoms with E-state index in [0.29, 0.717) is 0 Å². The average molecular weight is 482 g/mol. The second-order valence-corrected chi connectivity index (χ2v) is 10.1. The number of rotatable bonds is 2. The Morgan fingerprint density at radius 3 is 1.63 bits per heavy atom. The third kappa shape index (κ3) is 3.37. The molecule has 1 aromatic heterocycles. The third-order valence-electron chi connectivity index (χ3n) is 7.85. The summed E-state index contributed by atoms with van der Waals surface area (Å²) in [5, 5.41) is 11.4. The van der Waals surface area contributed by atoms with Crippen LogP contribution in [0.4, 0.5) is 0 Å². The Labute approximate surface area is 220 Å². The molecule has 0 fully saturated rings. The fraction of sp³-hybridized carbons (Fsp3) is 0. The van der Waals surface area contributed by atoms with E-state index in [9.17, 15) is 0 Å². The number of hydrogen-bond donors (Lipinski definition) is 0. The van der Waals surface area contributed by atoms with Crippen LogP contribution in [0.2, 0.25) is 0 Å². The lowest BCUT2D eigenvalue weighted by Gasteiger charge is -2.11. The smallest absolute Gasteiger partial charge is 0.0708 e. The Balaban J connectivity index is 1.23. The second kappa shape index (κ2) is 8.26. The van der Waals surface area contributed by atoms with E-state index in [-0.39, 0.29) is 0 Å². The molecule has 0 spiro atoms. The van der Waals surface area contributed by atoms with Crippen LogP contribution in [0.1, 0.15) is 0 Å². The summed E-state index contributed by atoms with van der Waals surface area (Å²) in [7, 11) is 0. The molecule has 1 nitrogen and oxygen atoms in total. The summed E-state index contributed by atoms with van der Waals surface area (Å²) >= 11 is 0. The SMILES string of the molecule is c1cnc2cc(-c3ccc4ccc(-c5ccc6c(ccc7c8ccccc8ccc67)c5)cc4c3)ccc2c1. The van der Waals surface area contributed by atoms with Gasteiger partial charge in [0.2, 0.25) is 0 Å². The molecule has 38 heavy (non-hydrogen) atoms. The molecule has 0 unspecified atom stereocenters. The van der Waals surface area contributed by atoms with Gasteiger partial charge in [-0.15, -0.1) is 0 Å². The van der Waals surface area contributed by atoms with E-state index in [0.717, 1.165) is 10.9 Å². The van der Waals surface area contributed by atoms with Crippen molar-refractivity contribution in [1.29, 1.82) is 0 Å². The number of pyridine rings is 1. The first kappa shape index (κ1) is 21.1. The van der Waals surface area contributed by atoms with Crippen LogP contribution in [0.15, 0.2) is 140 Å². The number of fused-ring (bicyclic) bond motifs is 7. The molecule has 0 aliphatic heterocycles. The number of aromatic nitrogens is 1. The maximum absolute atomic E-state index is 4.54. The Hall–Kier alpha value is -5.01. The summed E-state index contributed by atoms with van der Waals surface area (Å²) < 4.78 is 0. The van der Waals surface area contributed by atoms with Gasteiger partial charge in [-0.1, -0.05) is 103 Å². The van der Waals surface area contributed by atoms with Crippen molar-refractivity contribution < 1.29 is 0 Å². The van der Waals surface area contributed by atoms with E-state index in [1.807, 2.05) is 12.3 Å². The molecule has 8 aromatic rings. The lowest BCUT2D eigenvalue weighted by atomic mass is 9.93. The maximum Gasteiger partial charge on any atom is 0.0708 e. The zero-order chi connectivity index (χ0) is 25.1. The minimum absolute atomic E-state index is 1.02. The topological polar surface area (TPSA) is 12.9 Å². The lowest BCUT2D eigenvalue weighted by molar-refractivity contribution is 1.41. The Kier molecular flexibility index (Phi) is 4.59. The van der Waals surface area contributed by atoms with Gasteiger partial charge in [0.1, 0.15) is 0 Å². The van der Waals surface area contributed by atoms with Crippen molar-refractivity contribution in [1.82, 2.24) is 4.98 Å². The van der Waals surface area contributed by atoms with Crippen molar-refractivity contribution in [3.8, 4) is 22.3 Å². The fourth-order valence-corrected chi connectivity index (χ4v) is 5.86. The third-order valence-corrected chi connectivity index (χ3v) is 7.85. The van der Waals surface area contributed by atoms with Crippen molar-refractivity contribution in [3.05, 3.63) is 140 Å². The predicted molar refractivity (Wildman–Crippen MR) is 163 cm³/mol. The van der Waals surface area contributed by atoms with Crippen molar-refractivity contribution in [2.45, 2.75) is 0 Å². The van der Waals surface area contributed by atoms with E-state index in [4.69, 9.17) is 0 Å². The van der Waals surface area contributed by atoms with Crippen LogP contribution >= 0.6 is 0 Å². The standard InChI is InChI=1S/C37H23N/c1-2-6-33-25(4-1)13-17-36-34-16-14-29(20-31(34)15-18-35(33)36)27-10-7-24-8-11-28(22-32(24)21-27)30-12-9-26-5-3-19-38-37(26)23-30/h1-23H. The molecule has 0 N–H and O–H groups in total. The molecular formula is C37H23N. The van der Waals surface area contributed by atoms with Gasteiger partial charge in [0.25, 0.3) is 0 Å². The zero-order valence-corrected chi connectivity index (χ0v) is 20.7. The predicted octanol–water partition coefficient (Wildman–Crippen LogP) is 10.2. The fourth-order valence-electron chi connectivity index (χ4n) is 5.86. The van der Waals surface area contributed by atoms with Crippen LogP contribution in [-0.4, -0.2) is 4.98 Å². The first-order valence-electron chi connectivity index (χ1n) is 13.0. The summed E-state index contributed by atoms with van der Waals surface area (Å²) in [4.78, 5) is 4.54. The van der Waals surface area contributed by atoms with E-state index >= 15 is 0 Å². The molecular weight excluding hydrogens is 458 g/mol. The van der Waals surface area contributed by atoms with Gasteiger partial charge >= 0.3 is 0 Å². The molecule has 176 valence electrons. The van der Waals surface area contributed by atoms with E-state index in [1.165, 1.54) is 65.3 Å². The van der Waals surface area contributed by atoms with E-state index in [2.05, 4.69) is 132 Å². The van der Waals surface area contributed by atoms with Crippen LogP contribution < -0.4 is 0 Å². The minimum atomic E-state index is 1.02. The second-order valence-electron chi connectivity index (χ2n) is 10.1. The molecule has 1 heterocycles. The van der Waals surface area contributed by atoms with Gasteiger partial charge < -0.3 is 0 Å². The summed E-state index contributed by atoms with van der Waals surface area (Å²) in [6, 6.07) is 48.6.